The zero-order chi connectivity index (χ0) is 7.28. The van der Waals surface area contributed by atoms with E-state index in [1.165, 1.54) is 0 Å². The maximum atomic E-state index is 10.7. The number of rotatable bonds is 3. The molecule has 0 aromatic heterocycles. The minimum absolute atomic E-state index is 0.208. The summed E-state index contributed by atoms with van der Waals surface area (Å²) in [5.41, 5.74) is 0.956. The van der Waals surface area contributed by atoms with Crippen LogP contribution in [0.5, 0.6) is 0 Å². The molecule has 0 radical (unpaired) electrons. The Morgan fingerprint density at radius 1 is 1.56 bits per heavy atom. The molecule has 0 fully saturated rings. The highest BCUT2D eigenvalue weighted by Crippen LogP contribution is 2.04. The number of Topliss-reactive ketones (excluding diaryl/α,β-unsaturated/α-hetero) is 1. The van der Waals surface area contributed by atoms with E-state index in [-0.39, 0.29) is 5.78 Å². The Labute approximate surface area is 56.8 Å². The van der Waals surface area contributed by atoms with Gasteiger partial charge in [0.05, 0.1) is 0 Å². The minimum Gasteiger partial charge on any atom is -0.295 e. The maximum absolute atomic E-state index is 10.7. The van der Waals surface area contributed by atoms with Crippen molar-refractivity contribution in [2.45, 2.75) is 33.6 Å². The van der Waals surface area contributed by atoms with Gasteiger partial charge in [0.1, 0.15) is 0 Å². The lowest BCUT2D eigenvalue weighted by Crippen LogP contribution is -1.94. The second kappa shape index (κ2) is 4.30. The summed E-state index contributed by atoms with van der Waals surface area (Å²) in [5.74, 6) is 0.208. The monoisotopic (exact) mass is 126 g/mol. The Kier molecular flexibility index (Phi) is 4.02. The number of ketones is 1. The predicted octanol–water partition coefficient (Wildman–Crippen LogP) is 2.32. The first-order chi connectivity index (χ1) is 4.22. The summed E-state index contributed by atoms with van der Waals surface area (Å²) in [6.45, 7) is 5.60. The molecule has 0 bridgehead atoms. The molecule has 0 aliphatic carbocycles. The SMILES string of the molecule is C/C=C(/CCC)C(C)=O. The van der Waals surface area contributed by atoms with Gasteiger partial charge in [-0.2, -0.15) is 0 Å². The van der Waals surface area contributed by atoms with Gasteiger partial charge in [0.2, 0.25) is 0 Å². The van der Waals surface area contributed by atoms with E-state index in [0.717, 1.165) is 18.4 Å². The average molecular weight is 126 g/mol. The lowest BCUT2D eigenvalue weighted by molar-refractivity contribution is -0.113. The summed E-state index contributed by atoms with van der Waals surface area (Å²) < 4.78 is 0. The highest BCUT2D eigenvalue weighted by atomic mass is 16.1. The third kappa shape index (κ3) is 3.07. The highest BCUT2D eigenvalue weighted by molar-refractivity contribution is 5.93. The van der Waals surface area contributed by atoms with Crippen LogP contribution in [-0.2, 0) is 4.79 Å². The fourth-order valence-corrected chi connectivity index (χ4v) is 0.793. The van der Waals surface area contributed by atoms with Gasteiger partial charge >= 0.3 is 0 Å². The zero-order valence-electron chi connectivity index (χ0n) is 6.40. The van der Waals surface area contributed by atoms with E-state index in [1.807, 2.05) is 13.0 Å². The van der Waals surface area contributed by atoms with Crippen molar-refractivity contribution >= 4 is 5.78 Å². The molecule has 0 aromatic rings. The molecule has 52 valence electrons. The van der Waals surface area contributed by atoms with Crippen LogP contribution in [0.25, 0.3) is 0 Å². The summed E-state index contributed by atoms with van der Waals surface area (Å²) in [6, 6.07) is 0. The van der Waals surface area contributed by atoms with E-state index >= 15 is 0 Å². The van der Waals surface area contributed by atoms with Crippen molar-refractivity contribution in [3.05, 3.63) is 11.6 Å². The molecule has 0 atom stereocenters. The average Bonchev–Trinajstić information content (AvgIpc) is 1.82. The predicted molar refractivity (Wildman–Crippen MR) is 39.3 cm³/mol. The Hall–Kier alpha value is -0.590. The molecule has 0 saturated heterocycles. The van der Waals surface area contributed by atoms with Crippen molar-refractivity contribution in [3.63, 3.8) is 0 Å². The molecule has 0 saturated carbocycles. The van der Waals surface area contributed by atoms with Crippen LogP contribution >= 0.6 is 0 Å². The normalized spacial score (nSPS) is 11.7. The Balaban J connectivity index is 3.85. The quantitative estimate of drug-likeness (QED) is 0.530. The molecule has 9 heavy (non-hydrogen) atoms. The second-order valence-corrected chi connectivity index (χ2v) is 2.12. The lowest BCUT2D eigenvalue weighted by atomic mass is 10.1. The van der Waals surface area contributed by atoms with Gasteiger partial charge in [-0.25, -0.2) is 0 Å². The van der Waals surface area contributed by atoms with Crippen molar-refractivity contribution < 1.29 is 4.79 Å². The smallest absolute Gasteiger partial charge is 0.155 e. The molecule has 1 nitrogen and oxygen atoms in total. The first-order valence-corrected chi connectivity index (χ1v) is 3.38. The molecular weight excluding hydrogens is 112 g/mol. The van der Waals surface area contributed by atoms with Crippen molar-refractivity contribution in [2.24, 2.45) is 0 Å². The van der Waals surface area contributed by atoms with Gasteiger partial charge < -0.3 is 0 Å². The number of carbonyl (C=O) groups excluding carboxylic acids is 1. The third-order valence-electron chi connectivity index (χ3n) is 1.32. The first-order valence-electron chi connectivity index (χ1n) is 3.38. The van der Waals surface area contributed by atoms with E-state index in [0.29, 0.717) is 0 Å². The molecule has 0 aliphatic heterocycles. The lowest BCUT2D eigenvalue weighted by Gasteiger charge is -1.96. The largest absolute Gasteiger partial charge is 0.295 e. The van der Waals surface area contributed by atoms with Gasteiger partial charge in [-0.1, -0.05) is 19.4 Å². The summed E-state index contributed by atoms with van der Waals surface area (Å²) in [6.07, 6.45) is 3.87. The molecule has 0 N–H and O–H groups in total. The molecule has 0 amide bonds. The van der Waals surface area contributed by atoms with Gasteiger partial charge in [-0.05, 0) is 25.8 Å². The van der Waals surface area contributed by atoms with E-state index in [4.69, 9.17) is 0 Å². The van der Waals surface area contributed by atoms with Crippen molar-refractivity contribution in [1.82, 2.24) is 0 Å². The van der Waals surface area contributed by atoms with Gasteiger partial charge in [-0.3, -0.25) is 4.79 Å². The molecule has 0 heterocycles. The standard InChI is InChI=1S/C8H14O/c1-4-6-8(5-2)7(3)9/h5H,4,6H2,1-3H3/b8-5-. The van der Waals surface area contributed by atoms with Crippen LogP contribution in [-0.4, -0.2) is 5.78 Å². The fourth-order valence-electron chi connectivity index (χ4n) is 0.793. The minimum atomic E-state index is 0.208. The van der Waals surface area contributed by atoms with E-state index in [9.17, 15) is 4.79 Å². The molecule has 0 spiro atoms. The van der Waals surface area contributed by atoms with E-state index in [1.54, 1.807) is 6.92 Å². The van der Waals surface area contributed by atoms with Gasteiger partial charge in [0.15, 0.2) is 5.78 Å². The van der Waals surface area contributed by atoms with Crippen LogP contribution in [0, 0.1) is 0 Å². The molecule has 1 heteroatoms. The Morgan fingerprint density at radius 2 is 2.11 bits per heavy atom. The Morgan fingerprint density at radius 3 is 2.22 bits per heavy atom. The summed E-state index contributed by atoms with van der Waals surface area (Å²) in [5, 5.41) is 0. The molecule has 0 unspecified atom stereocenters. The molecular formula is C8H14O. The van der Waals surface area contributed by atoms with Gasteiger partial charge in [-0.15, -0.1) is 0 Å². The fraction of sp³-hybridized carbons (Fsp3) is 0.625. The highest BCUT2D eigenvalue weighted by Gasteiger charge is 1.98. The summed E-state index contributed by atoms with van der Waals surface area (Å²) in [4.78, 5) is 10.7. The second-order valence-electron chi connectivity index (χ2n) is 2.12. The summed E-state index contributed by atoms with van der Waals surface area (Å²) >= 11 is 0. The van der Waals surface area contributed by atoms with Crippen LogP contribution in [0.3, 0.4) is 0 Å². The van der Waals surface area contributed by atoms with Crippen LogP contribution in [0.15, 0.2) is 11.6 Å². The summed E-state index contributed by atoms with van der Waals surface area (Å²) in [7, 11) is 0. The topological polar surface area (TPSA) is 17.1 Å². The maximum Gasteiger partial charge on any atom is 0.155 e. The third-order valence-corrected chi connectivity index (χ3v) is 1.32. The number of carbonyl (C=O) groups is 1. The zero-order valence-corrected chi connectivity index (χ0v) is 6.40. The number of hydrogen-bond donors (Lipinski definition) is 0. The Bertz CT molecular complexity index is 123. The molecule has 0 rings (SSSR count). The van der Waals surface area contributed by atoms with E-state index in [2.05, 4.69) is 6.92 Å². The van der Waals surface area contributed by atoms with Gasteiger partial charge in [0, 0.05) is 0 Å². The van der Waals surface area contributed by atoms with Crippen molar-refractivity contribution in [1.29, 1.82) is 0 Å². The number of hydrogen-bond acceptors (Lipinski definition) is 1. The van der Waals surface area contributed by atoms with Crippen LogP contribution in [0.2, 0.25) is 0 Å². The van der Waals surface area contributed by atoms with Crippen LogP contribution in [0.1, 0.15) is 33.6 Å². The van der Waals surface area contributed by atoms with Crippen LogP contribution < -0.4 is 0 Å². The van der Waals surface area contributed by atoms with Crippen molar-refractivity contribution in [3.8, 4) is 0 Å². The van der Waals surface area contributed by atoms with Crippen LogP contribution in [0.4, 0.5) is 0 Å². The van der Waals surface area contributed by atoms with Gasteiger partial charge in [0.25, 0.3) is 0 Å². The van der Waals surface area contributed by atoms with E-state index < -0.39 is 0 Å². The van der Waals surface area contributed by atoms with Crippen molar-refractivity contribution in [2.75, 3.05) is 0 Å². The number of allylic oxidation sites excluding steroid dienone is 2. The molecule has 0 aliphatic rings. The first kappa shape index (κ1) is 8.41. The molecule has 0 aromatic carbocycles.